The van der Waals surface area contributed by atoms with E-state index in [1.54, 1.807) is 6.20 Å². The summed E-state index contributed by atoms with van der Waals surface area (Å²) in [5, 5.41) is 3.43. The molecule has 0 radical (unpaired) electrons. The highest BCUT2D eigenvalue weighted by molar-refractivity contribution is 5.76. The summed E-state index contributed by atoms with van der Waals surface area (Å²) in [5.41, 5.74) is 2.95. The second kappa shape index (κ2) is 5.26. The van der Waals surface area contributed by atoms with Gasteiger partial charge in [-0.2, -0.15) is 0 Å². The Bertz CT molecular complexity index is 744. The molecule has 5 heteroatoms. The fraction of sp³-hybridized carbons (Fsp3) is 0.312. The van der Waals surface area contributed by atoms with Gasteiger partial charge in [0.15, 0.2) is 5.65 Å². The molecular formula is C16H17N5. The smallest absolute Gasteiger partial charge is 0.160 e. The minimum Gasteiger partial charge on any atom is -0.316 e. The highest BCUT2D eigenvalue weighted by atomic mass is 15.1. The van der Waals surface area contributed by atoms with E-state index in [-0.39, 0.29) is 0 Å². The Labute approximate surface area is 123 Å². The van der Waals surface area contributed by atoms with Crippen LogP contribution in [0.3, 0.4) is 0 Å². The topological polar surface area (TPSA) is 55.6 Å². The molecule has 3 aromatic heterocycles. The lowest BCUT2D eigenvalue weighted by Crippen LogP contribution is -2.15. The van der Waals surface area contributed by atoms with E-state index in [1.807, 2.05) is 30.6 Å². The normalized spacial score (nSPS) is 18.4. The molecule has 4 rings (SSSR count). The van der Waals surface area contributed by atoms with E-state index < -0.39 is 0 Å². The van der Waals surface area contributed by atoms with Crippen LogP contribution in [0.1, 0.15) is 6.42 Å². The molecule has 1 aliphatic heterocycles. The van der Waals surface area contributed by atoms with Crippen molar-refractivity contribution < 1.29 is 0 Å². The van der Waals surface area contributed by atoms with E-state index in [0.717, 1.165) is 42.2 Å². The third-order valence-electron chi connectivity index (χ3n) is 4.03. The second-order valence-corrected chi connectivity index (χ2v) is 5.49. The van der Waals surface area contributed by atoms with Gasteiger partial charge in [0.2, 0.25) is 0 Å². The molecule has 1 aliphatic rings. The van der Waals surface area contributed by atoms with Crippen molar-refractivity contribution in [2.24, 2.45) is 5.92 Å². The van der Waals surface area contributed by atoms with Gasteiger partial charge in [0.05, 0.1) is 0 Å². The SMILES string of the molecule is c1cncc(-c2nc3cccnc3n2CC2CCNC2)c1. The van der Waals surface area contributed by atoms with E-state index in [4.69, 9.17) is 4.98 Å². The van der Waals surface area contributed by atoms with Crippen molar-refractivity contribution in [3.05, 3.63) is 42.9 Å². The molecule has 0 spiro atoms. The van der Waals surface area contributed by atoms with Gasteiger partial charge in [0.1, 0.15) is 11.3 Å². The van der Waals surface area contributed by atoms with Crippen molar-refractivity contribution in [2.75, 3.05) is 13.1 Å². The monoisotopic (exact) mass is 279 g/mol. The molecule has 0 aromatic carbocycles. The summed E-state index contributed by atoms with van der Waals surface area (Å²) in [6.07, 6.45) is 6.69. The minimum atomic E-state index is 0.639. The van der Waals surface area contributed by atoms with E-state index in [2.05, 4.69) is 25.9 Å². The molecule has 3 aromatic rings. The number of rotatable bonds is 3. The van der Waals surface area contributed by atoms with Gasteiger partial charge >= 0.3 is 0 Å². The fourth-order valence-electron chi connectivity index (χ4n) is 2.98. The van der Waals surface area contributed by atoms with Crippen LogP contribution < -0.4 is 5.32 Å². The van der Waals surface area contributed by atoms with Gasteiger partial charge in [-0.05, 0) is 49.7 Å². The summed E-state index contributed by atoms with van der Waals surface area (Å²) >= 11 is 0. The number of fused-ring (bicyclic) bond motifs is 1. The third-order valence-corrected chi connectivity index (χ3v) is 4.03. The molecule has 1 atom stereocenters. The molecule has 1 saturated heterocycles. The van der Waals surface area contributed by atoms with Crippen molar-refractivity contribution >= 4 is 11.2 Å². The Kier molecular flexibility index (Phi) is 3.12. The lowest BCUT2D eigenvalue weighted by Gasteiger charge is -2.13. The summed E-state index contributed by atoms with van der Waals surface area (Å²) in [4.78, 5) is 13.5. The van der Waals surface area contributed by atoms with Crippen molar-refractivity contribution in [1.29, 1.82) is 0 Å². The van der Waals surface area contributed by atoms with Gasteiger partial charge in [0, 0.05) is 30.7 Å². The Hall–Kier alpha value is -2.27. The van der Waals surface area contributed by atoms with Crippen LogP contribution in [0, 0.1) is 5.92 Å². The van der Waals surface area contributed by atoms with E-state index in [1.165, 1.54) is 6.42 Å². The number of aromatic nitrogens is 4. The van der Waals surface area contributed by atoms with Crippen LogP contribution in [0.4, 0.5) is 0 Å². The standard InChI is InChI=1S/C16H17N5/c1-3-13(10-17-6-1)15-20-14-4-2-7-19-16(14)21(15)11-12-5-8-18-9-12/h1-4,6-7,10,12,18H,5,8-9,11H2. The maximum atomic E-state index is 4.77. The van der Waals surface area contributed by atoms with Crippen LogP contribution in [0.25, 0.3) is 22.6 Å². The van der Waals surface area contributed by atoms with E-state index in [0.29, 0.717) is 5.92 Å². The van der Waals surface area contributed by atoms with Crippen LogP contribution in [-0.2, 0) is 6.54 Å². The van der Waals surface area contributed by atoms with Crippen molar-refractivity contribution in [3.8, 4) is 11.4 Å². The van der Waals surface area contributed by atoms with Crippen LogP contribution in [0.5, 0.6) is 0 Å². The minimum absolute atomic E-state index is 0.639. The quantitative estimate of drug-likeness (QED) is 0.797. The molecule has 5 nitrogen and oxygen atoms in total. The molecule has 1 unspecified atom stereocenters. The second-order valence-electron chi connectivity index (χ2n) is 5.49. The van der Waals surface area contributed by atoms with E-state index in [9.17, 15) is 0 Å². The first-order valence-electron chi connectivity index (χ1n) is 7.34. The van der Waals surface area contributed by atoms with Crippen LogP contribution in [-0.4, -0.2) is 32.6 Å². The van der Waals surface area contributed by atoms with Gasteiger partial charge in [-0.1, -0.05) is 0 Å². The van der Waals surface area contributed by atoms with Gasteiger partial charge in [-0.25, -0.2) is 9.97 Å². The third kappa shape index (κ3) is 2.29. The summed E-state index contributed by atoms with van der Waals surface area (Å²) in [7, 11) is 0. The Morgan fingerprint density at radius 3 is 3.00 bits per heavy atom. The van der Waals surface area contributed by atoms with Gasteiger partial charge in [-0.3, -0.25) is 4.98 Å². The molecule has 0 bridgehead atoms. The summed E-state index contributed by atoms with van der Waals surface area (Å²) in [5.74, 6) is 1.60. The number of nitrogens with one attached hydrogen (secondary N) is 1. The summed E-state index contributed by atoms with van der Waals surface area (Å²) in [6.45, 7) is 3.12. The highest BCUT2D eigenvalue weighted by Crippen LogP contribution is 2.25. The molecule has 1 N–H and O–H groups in total. The highest BCUT2D eigenvalue weighted by Gasteiger charge is 2.20. The number of pyridine rings is 2. The maximum Gasteiger partial charge on any atom is 0.160 e. The van der Waals surface area contributed by atoms with Crippen LogP contribution >= 0.6 is 0 Å². The number of hydrogen-bond donors (Lipinski definition) is 1. The Morgan fingerprint density at radius 1 is 1.24 bits per heavy atom. The number of hydrogen-bond acceptors (Lipinski definition) is 4. The lowest BCUT2D eigenvalue weighted by molar-refractivity contribution is 0.490. The zero-order chi connectivity index (χ0) is 14.1. The molecule has 0 aliphatic carbocycles. The molecule has 21 heavy (non-hydrogen) atoms. The van der Waals surface area contributed by atoms with Gasteiger partial charge < -0.3 is 9.88 Å². The van der Waals surface area contributed by atoms with Crippen LogP contribution in [0.15, 0.2) is 42.9 Å². The molecule has 1 fully saturated rings. The fourth-order valence-corrected chi connectivity index (χ4v) is 2.98. The Balaban J connectivity index is 1.84. The molecule has 4 heterocycles. The molecule has 0 saturated carbocycles. The molecule has 106 valence electrons. The van der Waals surface area contributed by atoms with Crippen molar-refractivity contribution in [2.45, 2.75) is 13.0 Å². The molecular weight excluding hydrogens is 262 g/mol. The predicted molar refractivity (Wildman–Crippen MR) is 81.7 cm³/mol. The Morgan fingerprint density at radius 2 is 2.19 bits per heavy atom. The van der Waals surface area contributed by atoms with Crippen LogP contribution in [0.2, 0.25) is 0 Å². The number of nitrogens with zero attached hydrogens (tertiary/aromatic N) is 4. The average molecular weight is 279 g/mol. The van der Waals surface area contributed by atoms with Crippen molar-refractivity contribution in [3.63, 3.8) is 0 Å². The molecule has 0 amide bonds. The largest absolute Gasteiger partial charge is 0.316 e. The first-order chi connectivity index (χ1) is 10.4. The predicted octanol–water partition coefficient (Wildman–Crippen LogP) is 2.10. The zero-order valence-corrected chi connectivity index (χ0v) is 11.7. The van der Waals surface area contributed by atoms with Crippen molar-refractivity contribution in [1.82, 2.24) is 24.8 Å². The summed E-state index contributed by atoms with van der Waals surface area (Å²) < 4.78 is 2.24. The first-order valence-corrected chi connectivity index (χ1v) is 7.34. The zero-order valence-electron chi connectivity index (χ0n) is 11.7. The lowest BCUT2D eigenvalue weighted by atomic mass is 10.1. The summed E-state index contributed by atoms with van der Waals surface area (Å²) in [6, 6.07) is 7.95. The number of imidazole rings is 1. The first kappa shape index (κ1) is 12.5. The van der Waals surface area contributed by atoms with Gasteiger partial charge in [0.25, 0.3) is 0 Å². The van der Waals surface area contributed by atoms with E-state index >= 15 is 0 Å². The maximum absolute atomic E-state index is 4.77. The average Bonchev–Trinajstić information content (AvgIpc) is 3.17. The van der Waals surface area contributed by atoms with Gasteiger partial charge in [-0.15, -0.1) is 0 Å².